The third-order valence-corrected chi connectivity index (χ3v) is 4.46. The van der Waals surface area contributed by atoms with E-state index in [2.05, 4.69) is 24.1 Å². The van der Waals surface area contributed by atoms with Crippen molar-refractivity contribution in [3.63, 3.8) is 0 Å². The van der Waals surface area contributed by atoms with E-state index >= 15 is 0 Å². The number of nitrogens with one attached hydrogen (secondary N) is 1. The topological polar surface area (TPSA) is 49.4 Å². The molecule has 1 saturated heterocycles. The van der Waals surface area contributed by atoms with Gasteiger partial charge in [-0.3, -0.25) is 14.5 Å². The van der Waals surface area contributed by atoms with Gasteiger partial charge >= 0.3 is 0 Å². The van der Waals surface area contributed by atoms with Gasteiger partial charge in [0, 0.05) is 19.6 Å². The van der Waals surface area contributed by atoms with Crippen LogP contribution >= 0.6 is 11.3 Å². The zero-order valence-corrected chi connectivity index (χ0v) is 12.4. The van der Waals surface area contributed by atoms with E-state index < -0.39 is 0 Å². The fourth-order valence-corrected chi connectivity index (χ4v) is 3.32. The van der Waals surface area contributed by atoms with Gasteiger partial charge in [0.1, 0.15) is 0 Å². The Morgan fingerprint density at radius 1 is 1.58 bits per heavy atom. The maximum absolute atomic E-state index is 11.9. The van der Waals surface area contributed by atoms with Gasteiger partial charge < -0.3 is 5.32 Å². The highest BCUT2D eigenvalue weighted by Gasteiger charge is 2.32. The van der Waals surface area contributed by atoms with Crippen LogP contribution in [0.1, 0.15) is 36.0 Å². The average molecular weight is 280 g/mol. The van der Waals surface area contributed by atoms with Gasteiger partial charge in [-0.05, 0) is 29.9 Å². The summed E-state index contributed by atoms with van der Waals surface area (Å²) < 4.78 is 0. The monoisotopic (exact) mass is 280 g/mol. The molecule has 0 bridgehead atoms. The number of thiophene rings is 1. The molecule has 1 fully saturated rings. The van der Waals surface area contributed by atoms with Gasteiger partial charge in [0.2, 0.25) is 5.91 Å². The molecule has 0 saturated carbocycles. The van der Waals surface area contributed by atoms with Gasteiger partial charge in [-0.15, -0.1) is 11.3 Å². The summed E-state index contributed by atoms with van der Waals surface area (Å²) in [5.74, 6) is 0.502. The Bertz CT molecular complexity index is 482. The lowest BCUT2D eigenvalue weighted by Crippen LogP contribution is -2.56. The van der Waals surface area contributed by atoms with Crippen molar-refractivity contribution < 1.29 is 9.59 Å². The molecule has 0 radical (unpaired) electrons. The predicted molar refractivity (Wildman–Crippen MR) is 76.4 cm³/mol. The zero-order chi connectivity index (χ0) is 14.0. The largest absolute Gasteiger partial charge is 0.353 e. The Kier molecular flexibility index (Phi) is 4.37. The molecule has 1 amide bonds. The maximum Gasteiger partial charge on any atom is 0.237 e. The first-order chi connectivity index (χ1) is 8.99. The van der Waals surface area contributed by atoms with Crippen LogP contribution in [0.2, 0.25) is 0 Å². The van der Waals surface area contributed by atoms with E-state index in [0.29, 0.717) is 6.54 Å². The second-order valence-electron chi connectivity index (χ2n) is 5.33. The molecule has 1 N–H and O–H groups in total. The van der Waals surface area contributed by atoms with Crippen molar-refractivity contribution in [3.05, 3.63) is 21.9 Å². The Balaban J connectivity index is 2.11. The summed E-state index contributed by atoms with van der Waals surface area (Å²) >= 11 is 1.48. The lowest BCUT2D eigenvalue weighted by molar-refractivity contribution is -0.131. The fraction of sp³-hybridized carbons (Fsp3) is 0.571. The van der Waals surface area contributed by atoms with Gasteiger partial charge in [-0.2, -0.15) is 0 Å². The molecular formula is C14H20N2O2S. The summed E-state index contributed by atoms with van der Waals surface area (Å²) in [6.07, 6.45) is 0. The number of amides is 1. The molecule has 1 aliphatic heterocycles. The first-order valence-electron chi connectivity index (χ1n) is 6.59. The fourth-order valence-electron chi connectivity index (χ4n) is 2.51. The van der Waals surface area contributed by atoms with Crippen LogP contribution in [0.25, 0.3) is 0 Å². The normalized spacial score (nSPS) is 20.6. The van der Waals surface area contributed by atoms with E-state index in [1.54, 1.807) is 6.92 Å². The molecule has 0 aromatic carbocycles. The van der Waals surface area contributed by atoms with Crippen molar-refractivity contribution >= 4 is 23.0 Å². The van der Waals surface area contributed by atoms with E-state index in [-0.39, 0.29) is 23.7 Å². The molecule has 5 heteroatoms. The molecule has 1 atom stereocenters. The molecule has 2 rings (SSSR count). The Labute approximate surface area is 117 Å². The highest BCUT2D eigenvalue weighted by molar-refractivity contribution is 7.12. The van der Waals surface area contributed by atoms with Crippen LogP contribution in [0.15, 0.2) is 11.4 Å². The van der Waals surface area contributed by atoms with E-state index in [1.807, 2.05) is 11.4 Å². The zero-order valence-electron chi connectivity index (χ0n) is 11.6. The summed E-state index contributed by atoms with van der Waals surface area (Å²) in [6, 6.07) is 1.87. The molecule has 4 nitrogen and oxygen atoms in total. The van der Waals surface area contributed by atoms with Gasteiger partial charge in [0.05, 0.1) is 10.9 Å². The molecule has 0 aliphatic carbocycles. The third-order valence-electron chi connectivity index (χ3n) is 3.38. The molecule has 0 unspecified atom stereocenters. The number of nitrogens with zero attached hydrogens (tertiary/aromatic N) is 1. The van der Waals surface area contributed by atoms with Crippen LogP contribution in [-0.4, -0.2) is 35.7 Å². The van der Waals surface area contributed by atoms with E-state index in [9.17, 15) is 9.59 Å². The number of hydrogen-bond acceptors (Lipinski definition) is 4. The molecule has 1 aromatic rings. The van der Waals surface area contributed by atoms with Gasteiger partial charge in [0.25, 0.3) is 0 Å². The lowest BCUT2D eigenvalue weighted by atomic mass is 9.99. The van der Waals surface area contributed by atoms with Crippen molar-refractivity contribution in [3.8, 4) is 0 Å². The minimum absolute atomic E-state index is 0.0746. The standard InChI is InChI=1S/C14H20N2O2S/c1-9(2)13-14(18)15-4-5-16(13)7-11-6-12(10(3)17)19-8-11/h6,8-9,13H,4-5,7H2,1-3H3,(H,15,18)/t13-/m0/s1. The average Bonchev–Trinajstić information content (AvgIpc) is 2.77. The first-order valence-corrected chi connectivity index (χ1v) is 7.47. The summed E-state index contributed by atoms with van der Waals surface area (Å²) in [7, 11) is 0. The van der Waals surface area contributed by atoms with Crippen molar-refractivity contribution in [1.29, 1.82) is 0 Å². The smallest absolute Gasteiger partial charge is 0.237 e. The van der Waals surface area contributed by atoms with Gasteiger partial charge in [-0.1, -0.05) is 13.8 Å². The number of piperazine rings is 1. The second kappa shape index (κ2) is 5.84. The molecule has 1 aromatic heterocycles. The summed E-state index contributed by atoms with van der Waals surface area (Å²) in [4.78, 5) is 26.2. The Hall–Kier alpha value is -1.20. The highest BCUT2D eigenvalue weighted by atomic mass is 32.1. The predicted octanol–water partition coefficient (Wildman–Crippen LogP) is 1.91. The number of rotatable bonds is 4. The number of carbonyl (C=O) groups is 2. The van der Waals surface area contributed by atoms with Crippen LogP contribution < -0.4 is 5.32 Å². The highest BCUT2D eigenvalue weighted by Crippen LogP contribution is 2.21. The molecule has 19 heavy (non-hydrogen) atoms. The Morgan fingerprint density at radius 2 is 2.32 bits per heavy atom. The van der Waals surface area contributed by atoms with E-state index in [0.717, 1.165) is 23.5 Å². The molecule has 0 spiro atoms. The maximum atomic E-state index is 11.9. The SMILES string of the molecule is CC(=O)c1cc(CN2CCNC(=O)[C@@H]2C(C)C)cs1. The second-order valence-corrected chi connectivity index (χ2v) is 6.24. The number of carbonyl (C=O) groups excluding carboxylic acids is 2. The quantitative estimate of drug-likeness (QED) is 0.857. The summed E-state index contributed by atoms with van der Waals surface area (Å²) in [6.45, 7) is 8.01. The van der Waals surface area contributed by atoms with Crippen molar-refractivity contribution in [1.82, 2.24) is 10.2 Å². The summed E-state index contributed by atoms with van der Waals surface area (Å²) in [5.41, 5.74) is 1.12. The van der Waals surface area contributed by atoms with Crippen LogP contribution in [-0.2, 0) is 11.3 Å². The molecule has 2 heterocycles. The number of Topliss-reactive ketones (excluding diaryl/α,β-unsaturated/α-hetero) is 1. The van der Waals surface area contributed by atoms with E-state index in [4.69, 9.17) is 0 Å². The molecule has 104 valence electrons. The lowest BCUT2D eigenvalue weighted by Gasteiger charge is -2.37. The summed E-state index contributed by atoms with van der Waals surface area (Å²) in [5, 5.41) is 4.94. The van der Waals surface area contributed by atoms with Gasteiger partial charge in [-0.25, -0.2) is 0 Å². The number of hydrogen-bond donors (Lipinski definition) is 1. The van der Waals surface area contributed by atoms with Crippen molar-refractivity contribution in [2.75, 3.05) is 13.1 Å². The van der Waals surface area contributed by atoms with Crippen molar-refractivity contribution in [2.45, 2.75) is 33.4 Å². The molecular weight excluding hydrogens is 260 g/mol. The van der Waals surface area contributed by atoms with Crippen LogP contribution in [0, 0.1) is 5.92 Å². The minimum Gasteiger partial charge on any atom is -0.353 e. The van der Waals surface area contributed by atoms with Crippen molar-refractivity contribution in [2.24, 2.45) is 5.92 Å². The van der Waals surface area contributed by atoms with E-state index in [1.165, 1.54) is 11.3 Å². The van der Waals surface area contributed by atoms with Gasteiger partial charge in [0.15, 0.2) is 5.78 Å². The Morgan fingerprint density at radius 3 is 2.89 bits per heavy atom. The van der Waals surface area contributed by atoms with Crippen LogP contribution in [0.3, 0.4) is 0 Å². The molecule has 1 aliphatic rings. The minimum atomic E-state index is -0.0746. The van der Waals surface area contributed by atoms with Crippen LogP contribution in [0.5, 0.6) is 0 Å². The first kappa shape index (κ1) is 14.2. The third kappa shape index (κ3) is 3.22. The van der Waals surface area contributed by atoms with Crippen LogP contribution in [0.4, 0.5) is 0 Å². The number of ketones is 1.